The lowest BCUT2D eigenvalue weighted by Crippen LogP contribution is -2.50. The molecule has 0 bridgehead atoms. The van der Waals surface area contributed by atoms with Gasteiger partial charge in [0, 0.05) is 0 Å². The summed E-state index contributed by atoms with van der Waals surface area (Å²) in [5.74, 6) is 0. The van der Waals surface area contributed by atoms with Crippen molar-refractivity contribution in [3.8, 4) is 0 Å². The summed E-state index contributed by atoms with van der Waals surface area (Å²) in [7, 11) is -4.53. The van der Waals surface area contributed by atoms with Crippen molar-refractivity contribution in [3.05, 3.63) is 0 Å². The van der Waals surface area contributed by atoms with Crippen LogP contribution in [0.5, 0.6) is 0 Å². The standard InChI is InChI=1S/C8H26O2Si4/c1-12(2,3)9-11-14(7,8)10-13(4,5)6/h11H2,1-8H3. The van der Waals surface area contributed by atoms with Crippen LogP contribution in [0.2, 0.25) is 52.4 Å². The summed E-state index contributed by atoms with van der Waals surface area (Å²) in [6, 6.07) is 0. The summed E-state index contributed by atoms with van der Waals surface area (Å²) in [6.07, 6.45) is 0. The van der Waals surface area contributed by atoms with Gasteiger partial charge in [-0.1, -0.05) is 0 Å². The molecule has 0 heterocycles. The van der Waals surface area contributed by atoms with Gasteiger partial charge in [0.05, 0.1) is 0 Å². The molecule has 0 aliphatic heterocycles. The Kier molecular flexibility index (Phi) is 5.02. The molecule has 0 aliphatic carbocycles. The van der Waals surface area contributed by atoms with Gasteiger partial charge in [0.15, 0.2) is 33.8 Å². The molecule has 0 unspecified atom stereocenters. The fourth-order valence-corrected chi connectivity index (χ4v) is 22.7. The molecule has 6 heteroatoms. The van der Waals surface area contributed by atoms with E-state index in [1.807, 2.05) is 0 Å². The summed E-state index contributed by atoms with van der Waals surface area (Å²) in [5, 5.41) is 0. The van der Waals surface area contributed by atoms with Gasteiger partial charge in [-0.3, -0.25) is 0 Å². The quantitative estimate of drug-likeness (QED) is 0.712. The Morgan fingerprint density at radius 1 is 0.714 bits per heavy atom. The van der Waals surface area contributed by atoms with Gasteiger partial charge in [-0.2, -0.15) is 0 Å². The fourth-order valence-electron chi connectivity index (χ4n) is 1.25. The van der Waals surface area contributed by atoms with E-state index in [4.69, 9.17) is 8.23 Å². The molecule has 0 saturated carbocycles. The van der Waals surface area contributed by atoms with E-state index in [1.165, 1.54) is 0 Å². The molecule has 0 N–H and O–H groups in total. The van der Waals surface area contributed by atoms with Crippen LogP contribution in [0.1, 0.15) is 0 Å². The summed E-state index contributed by atoms with van der Waals surface area (Å²) in [6.45, 7) is 18.2. The number of rotatable bonds is 5. The van der Waals surface area contributed by atoms with Crippen LogP contribution < -0.4 is 0 Å². The molecule has 0 fully saturated rings. The van der Waals surface area contributed by atoms with Crippen molar-refractivity contribution in [1.82, 2.24) is 0 Å². The van der Waals surface area contributed by atoms with Crippen LogP contribution in [0.4, 0.5) is 0 Å². The molecule has 0 aromatic carbocycles. The Balaban J connectivity index is 4.09. The Labute approximate surface area is 94.5 Å². The summed E-state index contributed by atoms with van der Waals surface area (Å²) in [4.78, 5) is 0. The molecule has 0 rings (SSSR count). The maximum atomic E-state index is 6.26. The van der Waals surface area contributed by atoms with E-state index in [0.717, 1.165) is 0 Å². The van der Waals surface area contributed by atoms with Crippen LogP contribution >= 0.6 is 0 Å². The summed E-state index contributed by atoms with van der Waals surface area (Å²) >= 11 is 0. The highest BCUT2D eigenvalue weighted by molar-refractivity contribution is 7.21. The third-order valence-electron chi connectivity index (χ3n) is 1.44. The highest BCUT2D eigenvalue weighted by atomic mass is 29.2. The van der Waals surface area contributed by atoms with E-state index in [9.17, 15) is 0 Å². The number of hydrogen-bond acceptors (Lipinski definition) is 2. The van der Waals surface area contributed by atoms with Crippen LogP contribution in [0.3, 0.4) is 0 Å². The minimum absolute atomic E-state index is 0.432. The van der Waals surface area contributed by atoms with E-state index < -0.39 is 33.8 Å². The predicted molar refractivity (Wildman–Crippen MR) is 74.9 cm³/mol. The molecule has 0 spiro atoms. The van der Waals surface area contributed by atoms with Crippen LogP contribution in [0.25, 0.3) is 0 Å². The summed E-state index contributed by atoms with van der Waals surface area (Å²) < 4.78 is 12.3. The minimum Gasteiger partial charge on any atom is -0.460 e. The van der Waals surface area contributed by atoms with Gasteiger partial charge in [-0.25, -0.2) is 0 Å². The third kappa shape index (κ3) is 9.35. The summed E-state index contributed by atoms with van der Waals surface area (Å²) in [5.41, 5.74) is 0. The molecular weight excluding hydrogens is 240 g/mol. The highest BCUT2D eigenvalue weighted by Gasteiger charge is 2.32. The number of hydrogen-bond donors (Lipinski definition) is 0. The maximum Gasteiger partial charge on any atom is 0.183 e. The molecule has 0 saturated heterocycles. The Morgan fingerprint density at radius 3 is 1.43 bits per heavy atom. The highest BCUT2D eigenvalue weighted by Crippen LogP contribution is 2.14. The minimum atomic E-state index is -1.44. The monoisotopic (exact) mass is 266 g/mol. The molecule has 0 atom stereocenters. The maximum absolute atomic E-state index is 6.26. The topological polar surface area (TPSA) is 18.5 Å². The van der Waals surface area contributed by atoms with Crippen molar-refractivity contribution in [1.29, 1.82) is 0 Å². The molecule has 0 radical (unpaired) electrons. The van der Waals surface area contributed by atoms with Crippen LogP contribution in [0.15, 0.2) is 0 Å². The SMILES string of the molecule is C[Si](C)(C)O[SiH2][Si](C)(C)O[Si](C)(C)C. The van der Waals surface area contributed by atoms with E-state index in [0.29, 0.717) is 0 Å². The van der Waals surface area contributed by atoms with Crippen molar-refractivity contribution in [2.75, 3.05) is 0 Å². The van der Waals surface area contributed by atoms with Crippen LogP contribution in [-0.4, -0.2) is 33.8 Å². The van der Waals surface area contributed by atoms with Crippen molar-refractivity contribution in [2.24, 2.45) is 0 Å². The van der Waals surface area contributed by atoms with E-state index in [2.05, 4.69) is 52.4 Å². The Hall–Kier alpha value is 0.788. The Morgan fingerprint density at radius 2 is 1.14 bits per heavy atom. The first-order valence-electron chi connectivity index (χ1n) is 5.25. The first kappa shape index (κ1) is 14.8. The van der Waals surface area contributed by atoms with Gasteiger partial charge in [-0.05, 0) is 52.4 Å². The second-order valence-electron chi connectivity index (χ2n) is 6.38. The Bertz CT molecular complexity index is 181. The molecule has 0 aromatic heterocycles. The van der Waals surface area contributed by atoms with Gasteiger partial charge < -0.3 is 8.23 Å². The lowest BCUT2D eigenvalue weighted by Gasteiger charge is -2.33. The van der Waals surface area contributed by atoms with Gasteiger partial charge in [0.25, 0.3) is 0 Å². The van der Waals surface area contributed by atoms with Gasteiger partial charge in [-0.15, -0.1) is 0 Å². The van der Waals surface area contributed by atoms with Crippen molar-refractivity contribution >= 4 is 33.8 Å². The predicted octanol–water partition coefficient (Wildman–Crippen LogP) is 2.48. The third-order valence-corrected chi connectivity index (χ3v) is 15.5. The van der Waals surface area contributed by atoms with Gasteiger partial charge in [0.2, 0.25) is 0 Å². The zero-order valence-electron chi connectivity index (χ0n) is 11.0. The second-order valence-corrected chi connectivity index (χ2v) is 26.6. The molecule has 14 heavy (non-hydrogen) atoms. The molecule has 0 aromatic rings. The van der Waals surface area contributed by atoms with Crippen molar-refractivity contribution in [2.45, 2.75) is 52.4 Å². The zero-order valence-corrected chi connectivity index (χ0v) is 15.4. The van der Waals surface area contributed by atoms with Crippen molar-refractivity contribution in [3.63, 3.8) is 0 Å². The molecular formula is C8H26O2Si4. The fraction of sp³-hybridized carbons (Fsp3) is 1.00. The normalized spacial score (nSPS) is 15.4. The zero-order chi connectivity index (χ0) is 11.6. The average Bonchev–Trinajstić information content (AvgIpc) is 1.76. The van der Waals surface area contributed by atoms with Gasteiger partial charge in [0.1, 0.15) is 0 Å². The molecule has 86 valence electrons. The van der Waals surface area contributed by atoms with E-state index >= 15 is 0 Å². The van der Waals surface area contributed by atoms with Crippen LogP contribution in [-0.2, 0) is 8.23 Å². The molecule has 2 nitrogen and oxygen atoms in total. The average molecular weight is 267 g/mol. The van der Waals surface area contributed by atoms with E-state index in [1.54, 1.807) is 0 Å². The molecule has 0 amide bonds. The van der Waals surface area contributed by atoms with Crippen molar-refractivity contribution < 1.29 is 8.23 Å². The van der Waals surface area contributed by atoms with E-state index in [-0.39, 0.29) is 0 Å². The first-order chi connectivity index (χ1) is 5.91. The van der Waals surface area contributed by atoms with Crippen LogP contribution in [0, 0.1) is 0 Å². The lowest BCUT2D eigenvalue weighted by molar-refractivity contribution is 0.548. The lowest BCUT2D eigenvalue weighted by atomic mass is 11.8. The first-order valence-corrected chi connectivity index (χ1v) is 17.9. The largest absolute Gasteiger partial charge is 0.460 e. The smallest absolute Gasteiger partial charge is 0.183 e. The second kappa shape index (κ2) is 4.75. The van der Waals surface area contributed by atoms with Gasteiger partial charge >= 0.3 is 0 Å². The molecule has 0 aliphatic rings.